The molecule has 2 aliphatic heterocycles. The molecule has 0 bridgehead atoms. The van der Waals surface area contributed by atoms with E-state index in [2.05, 4.69) is 25.3 Å². The Labute approximate surface area is 215 Å². The van der Waals surface area contributed by atoms with Crippen LogP contribution in [-0.2, 0) is 16.1 Å². The summed E-state index contributed by atoms with van der Waals surface area (Å²) in [4.78, 5) is 23.9. The molecule has 0 spiro atoms. The molecule has 1 aromatic heterocycles. The minimum Gasteiger partial charge on any atom is -0.390 e. The standard InChI is InChI=1S/C24H37F3N8O2/c1-19-21(17-35(32-19)11-10-33-12-14-37-15-13-33)30-16-20(24(25,26)27)23(31-18-28)29-7-5-9-34-8-4-2-3-6-22(34)36/h16-18,30H,2-15H2,1H3,(H2,28,29,31). The minimum absolute atomic E-state index is 0.0857. The fourth-order valence-corrected chi connectivity index (χ4v) is 4.25. The van der Waals surface area contributed by atoms with Gasteiger partial charge in [0.25, 0.3) is 0 Å². The number of aryl methyl sites for hydroxylation is 1. The van der Waals surface area contributed by atoms with Crippen LogP contribution >= 0.6 is 0 Å². The van der Waals surface area contributed by atoms with Crippen LogP contribution in [0.2, 0.25) is 0 Å². The molecular formula is C24H37F3N8O2. The third-order valence-corrected chi connectivity index (χ3v) is 6.33. The highest BCUT2D eigenvalue weighted by molar-refractivity contribution is 6.03. The number of carbonyl (C=O) groups excluding carboxylic acids is 1. The van der Waals surface area contributed by atoms with Crippen LogP contribution in [0, 0.1) is 6.92 Å². The Bertz CT molecular complexity index is 968. The summed E-state index contributed by atoms with van der Waals surface area (Å²) in [5.41, 5.74) is 5.32. The van der Waals surface area contributed by atoms with Crippen molar-refractivity contribution in [2.75, 3.05) is 57.8 Å². The van der Waals surface area contributed by atoms with Crippen molar-refractivity contribution in [3.8, 4) is 0 Å². The summed E-state index contributed by atoms with van der Waals surface area (Å²) in [6.07, 6.45) is 2.39. The Hall–Kier alpha value is -2.93. The Morgan fingerprint density at radius 1 is 1.19 bits per heavy atom. The summed E-state index contributed by atoms with van der Waals surface area (Å²) < 4.78 is 48.9. The summed E-state index contributed by atoms with van der Waals surface area (Å²) >= 11 is 0. The van der Waals surface area contributed by atoms with Crippen molar-refractivity contribution in [2.24, 2.45) is 15.7 Å². The van der Waals surface area contributed by atoms with Crippen molar-refractivity contribution in [1.29, 1.82) is 0 Å². The lowest BCUT2D eigenvalue weighted by molar-refractivity contribution is -0.130. The maximum Gasteiger partial charge on any atom is 0.421 e. The van der Waals surface area contributed by atoms with Crippen molar-refractivity contribution in [2.45, 2.75) is 51.7 Å². The maximum absolute atomic E-state index is 13.9. The summed E-state index contributed by atoms with van der Waals surface area (Å²) in [7, 11) is 0. The number of alkyl halides is 3. The molecule has 0 saturated carbocycles. The van der Waals surface area contributed by atoms with E-state index in [4.69, 9.17) is 10.5 Å². The molecule has 0 radical (unpaired) electrons. The van der Waals surface area contributed by atoms with Crippen LogP contribution in [0.4, 0.5) is 18.9 Å². The molecule has 2 aliphatic rings. The average Bonchev–Trinajstić information content (AvgIpc) is 3.09. The molecule has 3 heterocycles. The van der Waals surface area contributed by atoms with Gasteiger partial charge < -0.3 is 20.7 Å². The number of halogens is 3. The smallest absolute Gasteiger partial charge is 0.390 e. The predicted molar refractivity (Wildman–Crippen MR) is 137 cm³/mol. The third-order valence-electron chi connectivity index (χ3n) is 6.33. The first-order chi connectivity index (χ1) is 17.8. The van der Waals surface area contributed by atoms with Crippen molar-refractivity contribution >= 4 is 23.8 Å². The van der Waals surface area contributed by atoms with Gasteiger partial charge in [-0.25, -0.2) is 4.99 Å². The van der Waals surface area contributed by atoms with E-state index in [0.29, 0.717) is 57.1 Å². The molecule has 0 atom stereocenters. The first-order valence-electron chi connectivity index (χ1n) is 12.7. The van der Waals surface area contributed by atoms with Crippen LogP contribution in [0.25, 0.3) is 0 Å². The quantitative estimate of drug-likeness (QED) is 0.275. The lowest BCUT2D eigenvalue weighted by Crippen LogP contribution is -2.38. The first kappa shape index (κ1) is 28.6. The Morgan fingerprint density at radius 3 is 2.70 bits per heavy atom. The van der Waals surface area contributed by atoms with Gasteiger partial charge in [0.1, 0.15) is 5.57 Å². The topological polar surface area (TPSA) is 113 Å². The molecule has 37 heavy (non-hydrogen) atoms. The normalized spacial score (nSPS) is 19.0. The number of aliphatic imine (C=N–C) groups is 2. The lowest BCUT2D eigenvalue weighted by Gasteiger charge is -2.26. The Kier molecular flexibility index (Phi) is 10.9. The molecule has 3 rings (SSSR count). The van der Waals surface area contributed by atoms with Gasteiger partial charge in [-0.05, 0) is 26.2 Å². The lowest BCUT2D eigenvalue weighted by atomic mass is 10.2. The van der Waals surface area contributed by atoms with Crippen LogP contribution < -0.4 is 11.1 Å². The van der Waals surface area contributed by atoms with Crippen LogP contribution in [0.15, 0.2) is 28.0 Å². The second-order valence-corrected chi connectivity index (χ2v) is 9.07. The van der Waals surface area contributed by atoms with Crippen molar-refractivity contribution in [1.82, 2.24) is 19.6 Å². The van der Waals surface area contributed by atoms with Gasteiger partial charge in [0.15, 0.2) is 5.84 Å². The van der Waals surface area contributed by atoms with E-state index in [1.54, 1.807) is 22.7 Å². The van der Waals surface area contributed by atoms with Crippen molar-refractivity contribution in [3.63, 3.8) is 0 Å². The molecule has 1 amide bonds. The molecule has 0 aliphatic carbocycles. The van der Waals surface area contributed by atoms with E-state index >= 15 is 0 Å². The number of amides is 1. The van der Waals surface area contributed by atoms with Crippen molar-refractivity contribution in [3.05, 3.63) is 23.7 Å². The van der Waals surface area contributed by atoms with Crippen LogP contribution in [-0.4, -0.2) is 96.3 Å². The largest absolute Gasteiger partial charge is 0.421 e. The molecule has 2 fully saturated rings. The fraction of sp³-hybridized carbons (Fsp3) is 0.667. The van der Waals surface area contributed by atoms with Gasteiger partial charge in [0.05, 0.1) is 37.5 Å². The molecule has 206 valence electrons. The van der Waals surface area contributed by atoms with E-state index in [9.17, 15) is 18.0 Å². The van der Waals surface area contributed by atoms with Crippen LogP contribution in [0.3, 0.4) is 0 Å². The fourth-order valence-electron chi connectivity index (χ4n) is 4.25. The monoisotopic (exact) mass is 526 g/mol. The Balaban J connectivity index is 1.64. The first-order valence-corrected chi connectivity index (χ1v) is 12.7. The molecule has 10 nitrogen and oxygen atoms in total. The van der Waals surface area contributed by atoms with Gasteiger partial charge in [0, 0.05) is 58.1 Å². The number of hydrogen-bond donors (Lipinski definition) is 2. The zero-order chi connectivity index (χ0) is 26.7. The second-order valence-electron chi connectivity index (χ2n) is 9.07. The number of nitrogens with two attached hydrogens (primary N) is 1. The molecule has 1 aromatic rings. The molecule has 0 unspecified atom stereocenters. The number of nitrogens with one attached hydrogen (secondary N) is 1. The number of morpholine rings is 1. The van der Waals surface area contributed by atoms with Gasteiger partial charge in [-0.3, -0.25) is 19.4 Å². The van der Waals surface area contributed by atoms with Crippen LogP contribution in [0.1, 0.15) is 37.8 Å². The number of anilines is 1. The number of aromatic nitrogens is 2. The molecule has 13 heteroatoms. The van der Waals surface area contributed by atoms with Gasteiger partial charge >= 0.3 is 6.18 Å². The number of ether oxygens (including phenoxy) is 1. The number of nitrogens with zero attached hydrogens (tertiary/aromatic N) is 6. The predicted octanol–water partition coefficient (Wildman–Crippen LogP) is 2.56. The van der Waals surface area contributed by atoms with Gasteiger partial charge in [0.2, 0.25) is 5.91 Å². The maximum atomic E-state index is 13.9. The minimum atomic E-state index is -4.71. The molecule has 0 aromatic carbocycles. The second kappa shape index (κ2) is 14.1. The highest BCUT2D eigenvalue weighted by Gasteiger charge is 2.37. The number of amidine groups is 1. The van der Waals surface area contributed by atoms with E-state index in [1.807, 2.05) is 0 Å². The number of likely N-dealkylation sites (tertiary alicyclic amines) is 1. The summed E-state index contributed by atoms with van der Waals surface area (Å²) in [5.74, 6) is -0.426. The molecule has 3 N–H and O–H groups in total. The summed E-state index contributed by atoms with van der Waals surface area (Å²) in [6, 6.07) is 0. The zero-order valence-electron chi connectivity index (χ0n) is 21.3. The van der Waals surface area contributed by atoms with E-state index < -0.39 is 17.6 Å². The number of rotatable bonds is 10. The molecule has 2 saturated heterocycles. The van der Waals surface area contributed by atoms with E-state index in [-0.39, 0.29) is 12.5 Å². The van der Waals surface area contributed by atoms with E-state index in [0.717, 1.165) is 51.4 Å². The Morgan fingerprint density at radius 2 is 1.97 bits per heavy atom. The zero-order valence-corrected chi connectivity index (χ0v) is 21.3. The molecular weight excluding hydrogens is 489 g/mol. The summed E-state index contributed by atoms with van der Waals surface area (Å²) in [5, 5.41) is 7.13. The highest BCUT2D eigenvalue weighted by Crippen LogP contribution is 2.28. The highest BCUT2D eigenvalue weighted by atomic mass is 19.4. The van der Waals surface area contributed by atoms with Crippen molar-refractivity contribution < 1.29 is 22.7 Å². The third kappa shape index (κ3) is 9.15. The number of hydrogen-bond acceptors (Lipinski definition) is 6. The van der Waals surface area contributed by atoms with Gasteiger partial charge in [-0.2, -0.15) is 18.3 Å². The van der Waals surface area contributed by atoms with E-state index in [1.165, 1.54) is 0 Å². The van der Waals surface area contributed by atoms with Crippen LogP contribution in [0.5, 0.6) is 0 Å². The number of carbonyl (C=O) groups is 1. The summed E-state index contributed by atoms with van der Waals surface area (Å²) in [6.45, 7) is 7.42. The van der Waals surface area contributed by atoms with Gasteiger partial charge in [-0.1, -0.05) is 6.42 Å². The SMILES string of the molecule is Cc1nn(CCN2CCOCC2)cc1NC=C(C(N=CN)=NCCCN1CCCCCC1=O)C(F)(F)F. The average molecular weight is 527 g/mol. The van der Waals surface area contributed by atoms with Gasteiger partial charge in [-0.15, -0.1) is 0 Å².